The van der Waals surface area contributed by atoms with E-state index in [2.05, 4.69) is 29.1 Å². The Labute approximate surface area is 106 Å². The van der Waals surface area contributed by atoms with Crippen LogP contribution in [0.15, 0.2) is 12.4 Å². The predicted octanol–water partition coefficient (Wildman–Crippen LogP) is 1.86. The summed E-state index contributed by atoms with van der Waals surface area (Å²) in [7, 11) is 0. The maximum absolute atomic E-state index is 10.5. The van der Waals surface area contributed by atoms with Crippen LogP contribution in [0.2, 0.25) is 0 Å². The predicted molar refractivity (Wildman–Crippen MR) is 67.4 cm³/mol. The van der Waals surface area contributed by atoms with Crippen LogP contribution >= 0.6 is 0 Å². The Bertz CT molecular complexity index is 380. The van der Waals surface area contributed by atoms with Gasteiger partial charge in [0.15, 0.2) is 0 Å². The Balaban J connectivity index is 2.65. The zero-order valence-electron chi connectivity index (χ0n) is 10.8. The summed E-state index contributed by atoms with van der Waals surface area (Å²) in [6.07, 6.45) is 2.38. The van der Waals surface area contributed by atoms with E-state index in [0.717, 1.165) is 0 Å². The molecule has 18 heavy (non-hydrogen) atoms. The zero-order chi connectivity index (χ0) is 13.5. The summed E-state index contributed by atoms with van der Waals surface area (Å²) in [5, 5.41) is 13.6. The highest BCUT2D eigenvalue weighted by atomic mass is 16.6. The molecule has 0 spiro atoms. The number of ether oxygens (including phenoxy) is 1. The van der Waals surface area contributed by atoms with Crippen LogP contribution in [0.5, 0.6) is 0 Å². The van der Waals surface area contributed by atoms with Crippen LogP contribution < -0.4 is 5.32 Å². The second kappa shape index (κ2) is 6.85. The topological polar surface area (TPSA) is 90.2 Å². The van der Waals surface area contributed by atoms with Gasteiger partial charge in [-0.1, -0.05) is 13.8 Å². The van der Waals surface area contributed by atoms with Crippen molar-refractivity contribution in [3.8, 4) is 0 Å². The summed E-state index contributed by atoms with van der Waals surface area (Å²) in [6, 6.07) is 0.0754. The first kappa shape index (κ1) is 14.3. The Kier molecular flexibility index (Phi) is 5.44. The molecule has 100 valence electrons. The van der Waals surface area contributed by atoms with Gasteiger partial charge in [-0.25, -0.2) is 9.97 Å². The van der Waals surface area contributed by atoms with Gasteiger partial charge in [-0.05, 0) is 12.8 Å². The molecule has 7 nitrogen and oxygen atoms in total. The molecular weight excluding hydrogens is 236 g/mol. The third-order valence-corrected chi connectivity index (χ3v) is 2.47. The number of nitrogens with zero attached hydrogens (tertiary/aromatic N) is 3. The van der Waals surface area contributed by atoms with Crippen molar-refractivity contribution in [3.63, 3.8) is 0 Å². The van der Waals surface area contributed by atoms with E-state index in [1.54, 1.807) is 0 Å². The van der Waals surface area contributed by atoms with E-state index in [1.165, 1.54) is 12.4 Å². The molecule has 1 heterocycles. The smallest absolute Gasteiger partial charge is 0.305 e. The molecule has 0 radical (unpaired) electrons. The van der Waals surface area contributed by atoms with Crippen molar-refractivity contribution in [1.82, 2.24) is 9.97 Å². The molecule has 0 saturated heterocycles. The van der Waals surface area contributed by atoms with Crippen LogP contribution in [0.3, 0.4) is 0 Å². The molecule has 0 aliphatic rings. The molecule has 0 bridgehead atoms. The van der Waals surface area contributed by atoms with Gasteiger partial charge in [0.2, 0.25) is 5.95 Å². The Morgan fingerprint density at radius 1 is 1.44 bits per heavy atom. The fourth-order valence-corrected chi connectivity index (χ4v) is 1.30. The van der Waals surface area contributed by atoms with Crippen molar-refractivity contribution in [2.75, 3.05) is 18.5 Å². The first-order valence-corrected chi connectivity index (χ1v) is 5.85. The highest BCUT2D eigenvalue weighted by Gasteiger charge is 2.15. The van der Waals surface area contributed by atoms with Crippen LogP contribution in [0.25, 0.3) is 0 Å². The van der Waals surface area contributed by atoms with E-state index in [4.69, 9.17) is 4.74 Å². The highest BCUT2D eigenvalue weighted by molar-refractivity contribution is 5.31. The van der Waals surface area contributed by atoms with Gasteiger partial charge in [0.05, 0.1) is 17.6 Å². The number of nitro groups is 1. The van der Waals surface area contributed by atoms with Crippen molar-refractivity contribution < 1.29 is 9.66 Å². The second-order valence-electron chi connectivity index (χ2n) is 4.18. The van der Waals surface area contributed by atoms with Crippen molar-refractivity contribution >= 4 is 11.6 Å². The molecule has 1 N–H and O–H groups in total. The van der Waals surface area contributed by atoms with Gasteiger partial charge in [0.1, 0.15) is 12.4 Å². The van der Waals surface area contributed by atoms with E-state index < -0.39 is 4.92 Å². The summed E-state index contributed by atoms with van der Waals surface area (Å²) in [5.74, 6) is 0.717. The van der Waals surface area contributed by atoms with Crippen molar-refractivity contribution in [3.05, 3.63) is 22.5 Å². The van der Waals surface area contributed by atoms with Gasteiger partial charge in [-0.2, -0.15) is 0 Å². The molecule has 0 aliphatic carbocycles. The van der Waals surface area contributed by atoms with Crippen LogP contribution in [0.4, 0.5) is 11.6 Å². The van der Waals surface area contributed by atoms with Crippen molar-refractivity contribution in [2.24, 2.45) is 5.92 Å². The fourth-order valence-electron chi connectivity index (χ4n) is 1.30. The normalized spacial score (nSPS) is 12.4. The van der Waals surface area contributed by atoms with E-state index in [1.807, 2.05) is 6.92 Å². The molecule has 1 atom stereocenters. The summed E-state index contributed by atoms with van der Waals surface area (Å²) >= 11 is 0. The monoisotopic (exact) mass is 254 g/mol. The van der Waals surface area contributed by atoms with Crippen LogP contribution in [-0.2, 0) is 4.74 Å². The number of nitrogens with one attached hydrogen (secondary N) is 1. The van der Waals surface area contributed by atoms with Crippen molar-refractivity contribution in [2.45, 2.75) is 26.8 Å². The third kappa shape index (κ3) is 4.25. The number of aromatic nitrogens is 2. The number of rotatable bonds is 7. The van der Waals surface area contributed by atoms with Gasteiger partial charge in [0.25, 0.3) is 0 Å². The molecule has 7 heteroatoms. The van der Waals surface area contributed by atoms with Crippen LogP contribution in [-0.4, -0.2) is 34.1 Å². The molecule has 1 unspecified atom stereocenters. The first-order chi connectivity index (χ1) is 8.54. The molecule has 1 aromatic rings. The minimum atomic E-state index is -0.524. The van der Waals surface area contributed by atoms with E-state index in [0.29, 0.717) is 25.1 Å². The SMILES string of the molecule is CCOCC(Nc1ncc([N+](=O)[O-])cn1)C(C)C. The van der Waals surface area contributed by atoms with Gasteiger partial charge >= 0.3 is 5.69 Å². The molecule has 1 aromatic heterocycles. The fraction of sp³-hybridized carbons (Fsp3) is 0.636. The lowest BCUT2D eigenvalue weighted by atomic mass is 10.1. The zero-order valence-corrected chi connectivity index (χ0v) is 10.8. The highest BCUT2D eigenvalue weighted by Crippen LogP contribution is 2.12. The Hall–Kier alpha value is -1.76. The molecular formula is C11H18N4O3. The molecule has 0 aromatic carbocycles. The van der Waals surface area contributed by atoms with Crippen LogP contribution in [0, 0.1) is 16.0 Å². The quantitative estimate of drug-likeness (QED) is 0.590. The molecule has 0 amide bonds. The average molecular weight is 254 g/mol. The lowest BCUT2D eigenvalue weighted by Gasteiger charge is -2.21. The summed E-state index contributed by atoms with van der Waals surface area (Å²) in [5.41, 5.74) is -0.119. The van der Waals surface area contributed by atoms with E-state index in [9.17, 15) is 10.1 Å². The molecule has 0 fully saturated rings. The maximum Gasteiger partial charge on any atom is 0.305 e. The number of hydrogen-bond donors (Lipinski definition) is 1. The van der Waals surface area contributed by atoms with Gasteiger partial charge < -0.3 is 10.1 Å². The minimum absolute atomic E-state index is 0.0754. The largest absolute Gasteiger partial charge is 0.380 e. The summed E-state index contributed by atoms with van der Waals surface area (Å²) in [6.45, 7) is 7.24. The van der Waals surface area contributed by atoms with Gasteiger partial charge in [-0.3, -0.25) is 10.1 Å². The van der Waals surface area contributed by atoms with Gasteiger partial charge in [-0.15, -0.1) is 0 Å². The molecule has 0 saturated carbocycles. The Morgan fingerprint density at radius 3 is 2.50 bits per heavy atom. The number of anilines is 1. The Morgan fingerprint density at radius 2 is 2.06 bits per heavy atom. The van der Waals surface area contributed by atoms with E-state index in [-0.39, 0.29) is 11.7 Å². The van der Waals surface area contributed by atoms with Gasteiger partial charge in [0, 0.05) is 6.61 Å². The summed E-state index contributed by atoms with van der Waals surface area (Å²) < 4.78 is 5.36. The lowest BCUT2D eigenvalue weighted by Crippen LogP contribution is -2.31. The van der Waals surface area contributed by atoms with E-state index >= 15 is 0 Å². The molecule has 1 rings (SSSR count). The standard InChI is InChI=1S/C11H18N4O3/c1-4-18-7-10(8(2)3)14-11-12-5-9(6-13-11)15(16)17/h5-6,8,10H,4,7H2,1-3H3,(H,12,13,14). The minimum Gasteiger partial charge on any atom is -0.380 e. The number of hydrogen-bond acceptors (Lipinski definition) is 6. The average Bonchev–Trinajstić information content (AvgIpc) is 2.34. The lowest BCUT2D eigenvalue weighted by molar-refractivity contribution is -0.385. The van der Waals surface area contributed by atoms with Crippen LogP contribution in [0.1, 0.15) is 20.8 Å². The molecule has 0 aliphatic heterocycles. The first-order valence-electron chi connectivity index (χ1n) is 5.85. The second-order valence-corrected chi connectivity index (χ2v) is 4.18. The maximum atomic E-state index is 10.5. The third-order valence-electron chi connectivity index (χ3n) is 2.47. The van der Waals surface area contributed by atoms with Crippen molar-refractivity contribution in [1.29, 1.82) is 0 Å². The summed E-state index contributed by atoms with van der Waals surface area (Å²) in [4.78, 5) is 17.8.